The molecule has 0 spiro atoms. The molecule has 2 amide bonds. The first-order chi connectivity index (χ1) is 16.6. The number of hydrogen-bond acceptors (Lipinski definition) is 4. The molecule has 0 heterocycles. The minimum Gasteiger partial charge on any atom is -0.481 e. The van der Waals surface area contributed by atoms with Crippen LogP contribution in [0.4, 0.5) is 13.6 Å². The maximum Gasteiger partial charge on any atom is 0.407 e. The average molecular weight is 487 g/mol. The summed E-state index contributed by atoms with van der Waals surface area (Å²) in [5, 5.41) is 13.9. The van der Waals surface area contributed by atoms with Crippen LogP contribution in [0.15, 0.2) is 48.5 Å². The van der Waals surface area contributed by atoms with Crippen LogP contribution < -0.4 is 10.6 Å². The first kappa shape index (κ1) is 24.6. The third kappa shape index (κ3) is 4.85. The highest BCUT2D eigenvalue weighted by Gasteiger charge is 2.72. The summed E-state index contributed by atoms with van der Waals surface area (Å²) < 4.78 is 32.6. The number of amides is 2. The van der Waals surface area contributed by atoms with E-state index in [1.54, 1.807) is 13.8 Å². The lowest BCUT2D eigenvalue weighted by Gasteiger charge is -2.21. The number of fused-ring (bicyclic) bond motifs is 3. The number of alkyl carbamates (subject to hydrolysis) is 1. The van der Waals surface area contributed by atoms with Gasteiger partial charge in [-0.2, -0.15) is 0 Å². The maximum atomic E-state index is 13.6. The molecule has 0 radical (unpaired) electrons. The number of halogens is 2. The van der Waals surface area contributed by atoms with Gasteiger partial charge in [0.05, 0.1) is 11.8 Å². The Morgan fingerprint density at radius 1 is 1.00 bits per heavy atom. The van der Waals surface area contributed by atoms with Gasteiger partial charge in [0, 0.05) is 19.0 Å². The zero-order valence-corrected chi connectivity index (χ0v) is 19.5. The second-order valence-corrected chi connectivity index (χ2v) is 9.40. The maximum absolute atomic E-state index is 13.6. The summed E-state index contributed by atoms with van der Waals surface area (Å²) in [5.41, 5.74) is 4.38. The summed E-state index contributed by atoms with van der Waals surface area (Å²) in [6.45, 7) is 3.21. The van der Waals surface area contributed by atoms with Crippen molar-refractivity contribution in [1.29, 1.82) is 0 Å². The summed E-state index contributed by atoms with van der Waals surface area (Å²) in [4.78, 5) is 35.9. The first-order valence-corrected chi connectivity index (χ1v) is 11.6. The number of hydrogen-bond donors (Lipinski definition) is 3. The number of carboxylic acids is 1. The Bertz CT molecular complexity index is 1090. The number of nitrogens with one attached hydrogen (secondary N) is 2. The molecule has 0 aliphatic heterocycles. The molecular weight excluding hydrogens is 458 g/mol. The van der Waals surface area contributed by atoms with E-state index in [2.05, 4.69) is 10.6 Å². The number of ether oxygens (including phenoxy) is 1. The smallest absolute Gasteiger partial charge is 0.407 e. The van der Waals surface area contributed by atoms with Gasteiger partial charge in [-0.25, -0.2) is 13.6 Å². The second-order valence-electron chi connectivity index (χ2n) is 9.40. The van der Waals surface area contributed by atoms with Crippen LogP contribution in [-0.4, -0.2) is 48.7 Å². The molecule has 1 fully saturated rings. The summed E-state index contributed by atoms with van der Waals surface area (Å²) >= 11 is 0. The van der Waals surface area contributed by atoms with Crippen molar-refractivity contribution in [2.75, 3.05) is 19.7 Å². The van der Waals surface area contributed by atoms with Gasteiger partial charge >= 0.3 is 12.1 Å². The van der Waals surface area contributed by atoms with Crippen molar-refractivity contribution in [2.24, 2.45) is 23.7 Å². The van der Waals surface area contributed by atoms with Crippen molar-refractivity contribution in [3.63, 3.8) is 0 Å². The monoisotopic (exact) mass is 486 g/mol. The molecule has 3 atom stereocenters. The molecule has 35 heavy (non-hydrogen) atoms. The lowest BCUT2D eigenvalue weighted by molar-refractivity contribution is -0.141. The predicted molar refractivity (Wildman–Crippen MR) is 124 cm³/mol. The Labute approximate surface area is 201 Å². The van der Waals surface area contributed by atoms with Crippen LogP contribution in [0.3, 0.4) is 0 Å². The molecule has 3 unspecified atom stereocenters. The van der Waals surface area contributed by atoms with Gasteiger partial charge < -0.3 is 20.5 Å². The highest BCUT2D eigenvalue weighted by molar-refractivity contribution is 5.81. The molecule has 2 aromatic carbocycles. The number of aliphatic carboxylic acids is 1. The molecule has 2 aliphatic carbocycles. The van der Waals surface area contributed by atoms with Crippen molar-refractivity contribution in [3.8, 4) is 11.1 Å². The van der Waals surface area contributed by atoms with Gasteiger partial charge in [-0.05, 0) is 28.2 Å². The molecule has 0 aromatic heterocycles. The molecular formula is C26H28F2N2O5. The number of alkyl halides is 2. The highest BCUT2D eigenvalue weighted by atomic mass is 19.3. The number of benzene rings is 2. The first-order valence-electron chi connectivity index (χ1n) is 11.6. The van der Waals surface area contributed by atoms with Crippen molar-refractivity contribution >= 4 is 18.0 Å². The normalized spacial score (nSPS) is 20.5. The van der Waals surface area contributed by atoms with E-state index in [4.69, 9.17) is 9.84 Å². The quantitative estimate of drug-likeness (QED) is 0.499. The van der Waals surface area contributed by atoms with Crippen LogP contribution in [0.5, 0.6) is 0 Å². The summed E-state index contributed by atoms with van der Waals surface area (Å²) in [6.07, 6.45) is -0.676. The van der Waals surface area contributed by atoms with Crippen molar-refractivity contribution < 1.29 is 33.0 Å². The van der Waals surface area contributed by atoms with Crippen molar-refractivity contribution in [3.05, 3.63) is 59.7 Å². The number of rotatable bonds is 9. The number of carbonyl (C=O) groups excluding carboxylic acids is 2. The SMILES string of the molecule is CC(C)C(CNC(=O)OCC1c2ccccc2-c2ccccc21)C(=O)NCC1C(C(=O)O)C1(F)F. The molecule has 2 aromatic rings. The Hall–Kier alpha value is -3.49. The molecule has 4 rings (SSSR count). The Balaban J connectivity index is 1.29. The van der Waals surface area contributed by atoms with Crippen molar-refractivity contribution in [2.45, 2.75) is 25.7 Å². The van der Waals surface area contributed by atoms with Crippen LogP contribution in [0, 0.1) is 23.7 Å². The molecule has 1 saturated carbocycles. The Morgan fingerprint density at radius 3 is 2.09 bits per heavy atom. The van der Waals surface area contributed by atoms with Gasteiger partial charge in [-0.1, -0.05) is 62.4 Å². The Kier molecular flexibility index (Phi) is 6.78. The van der Waals surface area contributed by atoms with Crippen LogP contribution in [0.25, 0.3) is 11.1 Å². The zero-order valence-electron chi connectivity index (χ0n) is 19.5. The molecule has 3 N–H and O–H groups in total. The van der Waals surface area contributed by atoms with E-state index in [1.165, 1.54) is 0 Å². The van der Waals surface area contributed by atoms with Gasteiger partial charge in [0.1, 0.15) is 12.5 Å². The Morgan fingerprint density at radius 2 is 1.57 bits per heavy atom. The third-order valence-corrected chi connectivity index (χ3v) is 6.92. The van der Waals surface area contributed by atoms with Crippen LogP contribution in [0.2, 0.25) is 0 Å². The van der Waals surface area contributed by atoms with Crippen LogP contribution in [-0.2, 0) is 14.3 Å². The van der Waals surface area contributed by atoms with Crippen molar-refractivity contribution in [1.82, 2.24) is 10.6 Å². The molecule has 0 bridgehead atoms. The van der Waals surface area contributed by atoms with E-state index in [0.717, 1.165) is 22.3 Å². The fraction of sp³-hybridized carbons (Fsp3) is 0.423. The fourth-order valence-corrected chi connectivity index (χ4v) is 4.80. The minimum atomic E-state index is -3.33. The molecule has 0 saturated heterocycles. The van der Waals surface area contributed by atoms with Gasteiger partial charge in [-0.3, -0.25) is 9.59 Å². The van der Waals surface area contributed by atoms with E-state index >= 15 is 0 Å². The van der Waals surface area contributed by atoms with Gasteiger partial charge in [0.2, 0.25) is 5.91 Å². The molecule has 186 valence electrons. The van der Waals surface area contributed by atoms with Gasteiger partial charge in [0.15, 0.2) is 0 Å². The van der Waals surface area contributed by atoms with E-state index < -0.39 is 48.2 Å². The van der Waals surface area contributed by atoms with Gasteiger partial charge in [-0.15, -0.1) is 0 Å². The van der Waals surface area contributed by atoms with E-state index in [0.29, 0.717) is 0 Å². The lowest BCUT2D eigenvalue weighted by atomic mass is 9.95. The molecule has 9 heteroatoms. The molecule has 7 nitrogen and oxygen atoms in total. The van der Waals surface area contributed by atoms with Gasteiger partial charge in [0.25, 0.3) is 5.92 Å². The van der Waals surface area contributed by atoms with Crippen LogP contribution in [0.1, 0.15) is 30.9 Å². The fourth-order valence-electron chi connectivity index (χ4n) is 4.80. The minimum absolute atomic E-state index is 0.0381. The largest absolute Gasteiger partial charge is 0.481 e. The van der Waals surface area contributed by atoms with E-state index in [1.807, 2.05) is 48.5 Å². The number of carbonyl (C=O) groups is 3. The van der Waals surface area contributed by atoms with E-state index in [9.17, 15) is 23.2 Å². The summed E-state index contributed by atoms with van der Waals surface area (Å²) in [7, 11) is 0. The average Bonchev–Trinajstić information content (AvgIpc) is 3.23. The second kappa shape index (κ2) is 9.64. The number of carboxylic acid groups (broad SMARTS) is 1. The standard InChI is InChI=1S/C26H28F2N2O5/c1-14(2)19(23(31)29-12-21-22(24(32)33)26(21,27)28)11-30-25(34)35-13-20-17-9-5-3-7-15(17)16-8-4-6-10-18(16)20/h3-10,14,19-22H,11-13H2,1-2H3,(H,29,31)(H,30,34)(H,32,33). The molecule has 2 aliphatic rings. The highest BCUT2D eigenvalue weighted by Crippen LogP contribution is 2.54. The predicted octanol–water partition coefficient (Wildman–Crippen LogP) is 3.88. The lowest BCUT2D eigenvalue weighted by Crippen LogP contribution is -2.42. The summed E-state index contributed by atoms with van der Waals surface area (Å²) in [5.74, 6) is -9.61. The zero-order chi connectivity index (χ0) is 25.3. The van der Waals surface area contributed by atoms with E-state index in [-0.39, 0.29) is 25.0 Å². The third-order valence-electron chi connectivity index (χ3n) is 6.92. The van der Waals surface area contributed by atoms with Crippen LogP contribution >= 0.6 is 0 Å². The topological polar surface area (TPSA) is 105 Å². The summed E-state index contributed by atoms with van der Waals surface area (Å²) in [6, 6.07) is 15.9.